The number of pyridine rings is 1. The minimum atomic E-state index is -5.19. The highest BCUT2D eigenvalue weighted by molar-refractivity contribution is 5.93. The number of ether oxygens (including phenoxy) is 2. The summed E-state index contributed by atoms with van der Waals surface area (Å²) < 4.78 is 44.4. The normalized spacial score (nSPS) is 20.9. The summed E-state index contributed by atoms with van der Waals surface area (Å²) in [6.45, 7) is 2.69. The van der Waals surface area contributed by atoms with Crippen LogP contribution >= 0.6 is 0 Å². The molecule has 3 aliphatic rings. The molecule has 6 atom stereocenters. The number of hydrogen-bond donors (Lipinski definition) is 6. The number of alkyl halides is 3. The number of piperidine rings is 1. The van der Waals surface area contributed by atoms with E-state index in [2.05, 4.69) is 35.0 Å². The first-order valence-corrected chi connectivity index (χ1v) is 20.9. The molecule has 338 valence electrons. The van der Waals surface area contributed by atoms with Gasteiger partial charge in [-0.2, -0.15) is 13.2 Å². The molecule has 17 heteroatoms. The number of aliphatic hydroxyl groups is 1. The van der Waals surface area contributed by atoms with E-state index in [1.165, 1.54) is 12.1 Å². The van der Waals surface area contributed by atoms with E-state index in [4.69, 9.17) is 19.4 Å². The Bertz CT molecular complexity index is 2570. The number of H-pyrrole nitrogens is 1. The maximum atomic E-state index is 13.3. The van der Waals surface area contributed by atoms with Crippen molar-refractivity contribution in [3.63, 3.8) is 0 Å². The number of hydrogen-bond acceptors (Lipinski definition) is 10. The van der Waals surface area contributed by atoms with E-state index in [0.717, 1.165) is 50.8 Å². The first-order chi connectivity index (χ1) is 30.4. The highest BCUT2D eigenvalue weighted by Crippen LogP contribution is 2.51. The number of phenols is 1. The number of halogens is 3. The van der Waals surface area contributed by atoms with Gasteiger partial charge in [-0.05, 0) is 71.8 Å². The van der Waals surface area contributed by atoms with Crippen LogP contribution in [0.2, 0.25) is 0 Å². The number of carboxylic acids is 1. The molecule has 6 N–H and O–H groups in total. The summed E-state index contributed by atoms with van der Waals surface area (Å²) >= 11 is 0. The highest BCUT2D eigenvalue weighted by atomic mass is 19.4. The van der Waals surface area contributed by atoms with Gasteiger partial charge in [0.05, 0.1) is 31.4 Å². The number of anilines is 2. The molecule has 3 fully saturated rings. The summed E-state index contributed by atoms with van der Waals surface area (Å²) in [6.07, 6.45) is -2.88. The van der Waals surface area contributed by atoms with Crippen LogP contribution in [0.1, 0.15) is 54.0 Å². The molecule has 0 spiro atoms. The second-order valence-corrected chi connectivity index (χ2v) is 17.0. The van der Waals surface area contributed by atoms with Gasteiger partial charge in [-0.15, -0.1) is 0 Å². The van der Waals surface area contributed by atoms with Crippen molar-refractivity contribution in [3.05, 3.63) is 124 Å². The zero-order chi connectivity index (χ0) is 45.9. The molecular weight excluding hydrogens is 836 g/mol. The Labute approximate surface area is 366 Å². The molecule has 5 aromatic rings. The minimum absolute atomic E-state index is 0.0534. The summed E-state index contributed by atoms with van der Waals surface area (Å²) in [4.78, 5) is 49.5. The van der Waals surface area contributed by atoms with E-state index in [1.54, 1.807) is 12.1 Å². The standard InChI is InChI=1S/C45H49N5O7.C2HF3O2/c1-26-20-28(24-46-25-39(52)32-15-18-38(51)42-33(32)16-19-41(54)49-42)13-17-34(26)47-40(53)11-7-8-27-12-14-31(29-9-5-4-6-10-29)35(21-27)48-45(55)56-30-22-36-43-44(57-43)37(23-30)50(36,2)3;3-2(4,5)1(6)7/h4-6,9-10,12-21,30,36-37,39,43-44,46,52H,7-8,11,22-25H2,1-3H3,(H3-,47,48,49,51,53,54,55);(H,6,7)/t30-,36-,37+,39-,43-,44+;/m0./s1. The Kier molecular flexibility index (Phi) is 13.5. The Morgan fingerprint density at radius 2 is 1.61 bits per heavy atom. The minimum Gasteiger partial charge on any atom is -0.542 e. The van der Waals surface area contributed by atoms with Crippen molar-refractivity contribution in [2.24, 2.45) is 0 Å². The van der Waals surface area contributed by atoms with Gasteiger partial charge in [0.15, 0.2) is 0 Å². The first-order valence-electron chi connectivity index (χ1n) is 20.9. The van der Waals surface area contributed by atoms with Crippen LogP contribution < -0.4 is 26.6 Å². The number of carboxylic acid groups (broad SMARTS) is 1. The second-order valence-electron chi connectivity index (χ2n) is 17.0. The second kappa shape index (κ2) is 18.8. The first kappa shape index (κ1) is 45.7. The Balaban J connectivity index is 0.000000809. The van der Waals surface area contributed by atoms with Crippen LogP contribution in [0.3, 0.4) is 0 Å². The molecule has 3 saturated heterocycles. The molecule has 4 heterocycles. The Morgan fingerprint density at radius 1 is 0.922 bits per heavy atom. The van der Waals surface area contributed by atoms with Gasteiger partial charge in [0.25, 0.3) is 0 Å². The molecule has 2 bridgehead atoms. The summed E-state index contributed by atoms with van der Waals surface area (Å²) in [5, 5.41) is 39.8. The number of rotatable bonds is 13. The number of likely N-dealkylation sites (N-methyl/N-ethyl adjacent to an activating group) is 1. The average Bonchev–Trinajstić information content (AvgIpc) is 4.01. The number of aromatic amines is 1. The third kappa shape index (κ3) is 10.6. The molecule has 3 aliphatic heterocycles. The smallest absolute Gasteiger partial charge is 0.430 e. The van der Waals surface area contributed by atoms with Gasteiger partial charge in [-0.3, -0.25) is 14.9 Å². The van der Waals surface area contributed by atoms with Gasteiger partial charge in [0, 0.05) is 55.1 Å². The molecule has 14 nitrogen and oxygen atoms in total. The van der Waals surface area contributed by atoms with Crippen LogP contribution in [0.25, 0.3) is 22.0 Å². The maximum Gasteiger partial charge on any atom is 0.430 e. The summed E-state index contributed by atoms with van der Waals surface area (Å²) in [7, 11) is 4.51. The number of morpholine rings is 1. The van der Waals surface area contributed by atoms with Crippen molar-refractivity contribution in [3.8, 4) is 16.9 Å². The molecule has 4 aromatic carbocycles. The third-order valence-electron chi connectivity index (χ3n) is 12.3. The van der Waals surface area contributed by atoms with Crippen LogP contribution in [0.5, 0.6) is 5.75 Å². The summed E-state index contributed by atoms with van der Waals surface area (Å²) in [6, 6.07) is 28.6. The zero-order valence-electron chi connectivity index (χ0n) is 35.4. The van der Waals surface area contributed by atoms with E-state index in [1.807, 2.05) is 73.7 Å². The number of aromatic hydroxyl groups is 1. The largest absolute Gasteiger partial charge is 0.542 e. The number of carbonyl (C=O) groups excluding carboxylic acids is 3. The number of aliphatic carboxylic acids is 1. The fraction of sp³-hybridized carbons (Fsp3) is 0.362. The van der Waals surface area contributed by atoms with E-state index in [-0.39, 0.29) is 42.1 Å². The topological polar surface area (TPSA) is 205 Å². The van der Waals surface area contributed by atoms with Crippen LogP contribution in [-0.2, 0) is 32.0 Å². The fourth-order valence-electron chi connectivity index (χ4n) is 8.97. The Hall–Kier alpha value is -6.27. The predicted molar refractivity (Wildman–Crippen MR) is 230 cm³/mol. The van der Waals surface area contributed by atoms with Crippen molar-refractivity contribution in [1.29, 1.82) is 0 Å². The summed E-state index contributed by atoms with van der Waals surface area (Å²) in [5.74, 6) is -3.14. The molecule has 0 radical (unpaired) electrons. The van der Waals surface area contributed by atoms with Crippen molar-refractivity contribution < 1.29 is 56.8 Å². The third-order valence-corrected chi connectivity index (χ3v) is 12.3. The molecular formula is C47H50F3N5O9. The highest BCUT2D eigenvalue weighted by Gasteiger charge is 2.70. The number of aliphatic hydroxyl groups excluding tert-OH is 1. The van der Waals surface area contributed by atoms with Gasteiger partial charge >= 0.3 is 12.3 Å². The van der Waals surface area contributed by atoms with Crippen molar-refractivity contribution in [2.45, 2.75) is 88.2 Å². The van der Waals surface area contributed by atoms with Gasteiger partial charge in [-0.25, -0.2) is 4.79 Å². The predicted octanol–water partition coefficient (Wildman–Crippen LogP) is 5.60. The Morgan fingerprint density at radius 3 is 2.28 bits per heavy atom. The number of epoxide rings is 1. The van der Waals surface area contributed by atoms with Crippen LogP contribution in [0.4, 0.5) is 29.3 Å². The molecule has 8 rings (SSSR count). The lowest BCUT2D eigenvalue weighted by Crippen LogP contribution is -2.60. The maximum absolute atomic E-state index is 13.3. The van der Waals surface area contributed by atoms with Crippen LogP contribution in [0.15, 0.2) is 95.8 Å². The lowest BCUT2D eigenvalue weighted by Gasteiger charge is -2.45. The molecule has 2 amide bonds. The molecule has 0 saturated carbocycles. The quantitative estimate of drug-likeness (QED) is 0.0638. The molecule has 1 aromatic heterocycles. The number of aryl methyl sites for hydroxylation is 2. The molecule has 0 aliphatic carbocycles. The number of nitrogens with one attached hydrogen (secondary N) is 4. The number of nitrogens with zero attached hydrogens (tertiary/aromatic N) is 1. The van der Waals surface area contributed by atoms with Crippen LogP contribution in [-0.4, -0.2) is 94.9 Å². The monoisotopic (exact) mass is 885 g/mol. The zero-order valence-corrected chi connectivity index (χ0v) is 35.4. The lowest BCUT2D eigenvalue weighted by molar-refractivity contribution is -0.938. The van der Waals surface area contributed by atoms with Gasteiger partial charge in [-0.1, -0.05) is 60.7 Å². The number of benzene rings is 4. The van der Waals surface area contributed by atoms with E-state index in [0.29, 0.717) is 60.0 Å². The van der Waals surface area contributed by atoms with Gasteiger partial charge in [0.1, 0.15) is 42.1 Å². The van der Waals surface area contributed by atoms with Crippen molar-refractivity contribution in [1.82, 2.24) is 10.3 Å². The number of carbonyl (C=O) groups is 3. The van der Waals surface area contributed by atoms with E-state index < -0.39 is 24.3 Å². The summed E-state index contributed by atoms with van der Waals surface area (Å²) in [5.41, 5.74) is 6.79. The molecule has 0 unspecified atom stereocenters. The number of fused-ring (bicyclic) bond motifs is 6. The van der Waals surface area contributed by atoms with Crippen molar-refractivity contribution in [2.75, 3.05) is 31.3 Å². The van der Waals surface area contributed by atoms with Gasteiger partial charge < -0.3 is 49.7 Å². The molecule has 64 heavy (non-hydrogen) atoms. The van der Waals surface area contributed by atoms with Gasteiger partial charge in [0.2, 0.25) is 11.5 Å². The number of aromatic nitrogens is 1. The van der Waals surface area contributed by atoms with Crippen LogP contribution in [0, 0.1) is 6.92 Å². The number of quaternary nitrogens is 1. The SMILES string of the molecule is Cc1cc(CNC[C@H](O)c2ccc(O)c3[nH]c(=O)ccc23)ccc1NC(=O)CCCc1ccc(-c2ccccc2)c(NC(=O)O[C@@H]2C[C@@H]3[C@H]4O[C@H]4[C@H](C2)[N+]3(C)C)c1.O=C([O-])C(F)(F)F. The average molecular weight is 886 g/mol. The fourth-order valence-corrected chi connectivity index (χ4v) is 8.97. The van der Waals surface area contributed by atoms with Crippen molar-refractivity contribution >= 4 is 40.2 Å². The van der Waals surface area contributed by atoms with E-state index >= 15 is 0 Å². The number of phenolic OH excluding ortho intramolecular Hbond substituents is 1. The number of amides is 2. The lowest BCUT2D eigenvalue weighted by atomic mass is 9.96. The van der Waals surface area contributed by atoms with E-state index in [9.17, 15) is 37.8 Å².